The first-order valence-electron chi connectivity index (χ1n) is 24.0. The van der Waals surface area contributed by atoms with Crippen molar-refractivity contribution in [3.63, 3.8) is 0 Å². The first-order valence-corrected chi connectivity index (χ1v) is 24.0. The van der Waals surface area contributed by atoms with E-state index in [2.05, 4.69) is 226 Å². The highest BCUT2D eigenvalue weighted by Gasteiger charge is 2.26. The first kappa shape index (κ1) is 39.3. The molecule has 2 aliphatic rings. The van der Waals surface area contributed by atoms with Gasteiger partial charge in [0.1, 0.15) is 0 Å². The quantitative estimate of drug-likeness (QED) is 0.160. The second-order valence-corrected chi connectivity index (χ2v) is 18.2. The molecular formula is C63H44N6. The largest absolute Gasteiger partial charge is 0.309 e. The van der Waals surface area contributed by atoms with Gasteiger partial charge in [0, 0.05) is 54.8 Å². The molecule has 0 radical (unpaired) electrons. The summed E-state index contributed by atoms with van der Waals surface area (Å²) >= 11 is 0. The summed E-state index contributed by atoms with van der Waals surface area (Å²) in [6.45, 7) is 0. The van der Waals surface area contributed by atoms with Crippen molar-refractivity contribution < 1.29 is 0 Å². The van der Waals surface area contributed by atoms with Crippen LogP contribution in [0.5, 0.6) is 0 Å². The summed E-state index contributed by atoms with van der Waals surface area (Å²) in [6.07, 6.45) is 13.6. The standard InChI is InChI=1S/C63H44N6/c1-4-18-41(19-5-1)42-34-36-43(37-35-42)45-22-16-25-47(40-45)68-54-30-13-10-26-48(54)50-38-39-51-49-27-11-14-31-55(49)69(60(51)59(50)68)63-65-61(44-20-6-2-7-21-44)64-62(66-63)53-29-17-33-57-58(53)52-28-12-15-32-56(52)67(57)46-23-8-3-9-24-46/h1-15,17-21,23-34,36,38-40H,16,22,35,37H2. The van der Waals surface area contributed by atoms with E-state index in [1.165, 1.54) is 44.3 Å². The first-order chi connectivity index (χ1) is 34.2. The van der Waals surface area contributed by atoms with Crippen LogP contribution in [0.3, 0.4) is 0 Å². The molecule has 0 fully saturated rings. The van der Waals surface area contributed by atoms with Crippen molar-refractivity contribution in [1.29, 1.82) is 0 Å². The summed E-state index contributed by atoms with van der Waals surface area (Å²) in [5.41, 5.74) is 16.3. The van der Waals surface area contributed by atoms with Crippen LogP contribution in [-0.2, 0) is 0 Å². The van der Waals surface area contributed by atoms with Crippen molar-refractivity contribution in [2.24, 2.45) is 0 Å². The monoisotopic (exact) mass is 884 g/mol. The van der Waals surface area contributed by atoms with E-state index in [1.54, 1.807) is 0 Å². The highest BCUT2D eigenvalue weighted by molar-refractivity contribution is 6.24. The summed E-state index contributed by atoms with van der Waals surface area (Å²) in [4.78, 5) is 16.4. The Morgan fingerprint density at radius 1 is 0.362 bits per heavy atom. The third-order valence-corrected chi connectivity index (χ3v) is 14.3. The molecule has 0 bridgehead atoms. The maximum Gasteiger partial charge on any atom is 0.238 e. The normalized spacial score (nSPS) is 14.2. The lowest BCUT2D eigenvalue weighted by Gasteiger charge is -2.22. The van der Waals surface area contributed by atoms with Crippen LogP contribution in [0.2, 0.25) is 0 Å². The predicted molar refractivity (Wildman–Crippen MR) is 286 cm³/mol. The number of nitrogens with zero attached hydrogens (tertiary/aromatic N) is 6. The number of rotatable bonds is 7. The number of fused-ring (bicyclic) bond motifs is 10. The average molecular weight is 885 g/mol. The molecule has 0 saturated heterocycles. The Bertz CT molecular complexity index is 4160. The van der Waals surface area contributed by atoms with Gasteiger partial charge in [-0.3, -0.25) is 4.57 Å². The van der Waals surface area contributed by atoms with Gasteiger partial charge in [0.05, 0.1) is 33.1 Å². The van der Waals surface area contributed by atoms with Crippen molar-refractivity contribution in [2.75, 3.05) is 0 Å². The van der Waals surface area contributed by atoms with Crippen LogP contribution in [0, 0.1) is 0 Å². The molecule has 4 aromatic heterocycles. The molecule has 0 spiro atoms. The lowest BCUT2D eigenvalue weighted by molar-refractivity contribution is 0.900. The van der Waals surface area contributed by atoms with Gasteiger partial charge in [0.25, 0.3) is 0 Å². The van der Waals surface area contributed by atoms with Crippen molar-refractivity contribution in [2.45, 2.75) is 25.7 Å². The van der Waals surface area contributed by atoms with Crippen LogP contribution in [0.1, 0.15) is 31.2 Å². The Kier molecular flexibility index (Phi) is 9.05. The molecule has 6 nitrogen and oxygen atoms in total. The van der Waals surface area contributed by atoms with Gasteiger partial charge >= 0.3 is 0 Å². The zero-order chi connectivity index (χ0) is 45.4. The number of para-hydroxylation sites is 4. The van der Waals surface area contributed by atoms with E-state index < -0.39 is 0 Å². The van der Waals surface area contributed by atoms with Gasteiger partial charge in [-0.2, -0.15) is 9.97 Å². The molecule has 326 valence electrons. The maximum atomic E-state index is 5.60. The van der Waals surface area contributed by atoms with Crippen LogP contribution < -0.4 is 0 Å². The molecule has 2 aliphatic carbocycles. The van der Waals surface area contributed by atoms with Crippen LogP contribution in [0.15, 0.2) is 230 Å². The van der Waals surface area contributed by atoms with E-state index >= 15 is 0 Å². The molecule has 0 saturated carbocycles. The summed E-state index contributed by atoms with van der Waals surface area (Å²) in [6, 6.07) is 69.0. The highest BCUT2D eigenvalue weighted by atomic mass is 15.2. The molecule has 14 rings (SSSR count). The molecule has 8 aromatic carbocycles. The van der Waals surface area contributed by atoms with Gasteiger partial charge in [0.15, 0.2) is 11.6 Å². The van der Waals surface area contributed by atoms with Gasteiger partial charge in [-0.15, -0.1) is 0 Å². The molecule has 6 heteroatoms. The third-order valence-electron chi connectivity index (χ3n) is 14.3. The Morgan fingerprint density at radius 3 is 1.61 bits per heavy atom. The van der Waals surface area contributed by atoms with E-state index in [9.17, 15) is 0 Å². The topological polar surface area (TPSA) is 53.5 Å². The van der Waals surface area contributed by atoms with E-state index in [4.69, 9.17) is 15.0 Å². The van der Waals surface area contributed by atoms with Crippen LogP contribution >= 0.6 is 0 Å². The van der Waals surface area contributed by atoms with Crippen LogP contribution in [0.25, 0.3) is 111 Å². The minimum Gasteiger partial charge on any atom is -0.309 e. The van der Waals surface area contributed by atoms with Crippen molar-refractivity contribution in [1.82, 2.24) is 28.7 Å². The molecular weight excluding hydrogens is 841 g/mol. The summed E-state index contributed by atoms with van der Waals surface area (Å²) in [5.74, 6) is 1.80. The highest BCUT2D eigenvalue weighted by Crippen LogP contribution is 2.44. The fraction of sp³-hybridized carbons (Fsp3) is 0.0635. The molecule has 0 unspecified atom stereocenters. The minimum atomic E-state index is 0.570. The Labute approximate surface area is 398 Å². The van der Waals surface area contributed by atoms with E-state index in [1.807, 2.05) is 6.07 Å². The molecule has 0 amide bonds. The fourth-order valence-electron chi connectivity index (χ4n) is 11.2. The molecule has 0 atom stereocenters. The van der Waals surface area contributed by atoms with Gasteiger partial charge < -0.3 is 9.13 Å². The van der Waals surface area contributed by atoms with Crippen LogP contribution in [-0.4, -0.2) is 28.7 Å². The van der Waals surface area contributed by atoms with Gasteiger partial charge in [0.2, 0.25) is 5.95 Å². The zero-order valence-corrected chi connectivity index (χ0v) is 37.8. The number of allylic oxidation sites excluding steroid dienone is 8. The Hall–Kier alpha value is -8.87. The Morgan fingerprint density at radius 2 is 0.913 bits per heavy atom. The Balaban J connectivity index is 1.03. The molecule has 0 aliphatic heterocycles. The number of benzene rings is 8. The fourth-order valence-corrected chi connectivity index (χ4v) is 11.2. The smallest absolute Gasteiger partial charge is 0.238 e. The van der Waals surface area contributed by atoms with E-state index in [0.29, 0.717) is 17.6 Å². The van der Waals surface area contributed by atoms with E-state index in [0.717, 1.165) is 91.6 Å². The SMILES string of the molecule is C1=C(C2=CC=C(c3ccccc3)CC2)CCC=C1n1c2ccccc2c2ccc3c4ccccc4n(-c4nc(-c5ccccc5)nc(-c5cccc6c5c5ccccc5n6-c5ccccc5)n4)c3c21. The lowest BCUT2D eigenvalue weighted by Crippen LogP contribution is -2.08. The average Bonchev–Trinajstić information content (AvgIpc) is 4.08. The predicted octanol–water partition coefficient (Wildman–Crippen LogP) is 15.9. The van der Waals surface area contributed by atoms with Gasteiger partial charge in [-0.05, 0) is 90.4 Å². The van der Waals surface area contributed by atoms with Gasteiger partial charge in [-0.1, -0.05) is 176 Å². The number of hydrogen-bond donors (Lipinski definition) is 0. The summed E-state index contributed by atoms with van der Waals surface area (Å²) < 4.78 is 7.16. The lowest BCUT2D eigenvalue weighted by atomic mass is 9.86. The van der Waals surface area contributed by atoms with Crippen molar-refractivity contribution in [3.05, 3.63) is 235 Å². The zero-order valence-electron chi connectivity index (χ0n) is 37.8. The number of aromatic nitrogens is 6. The van der Waals surface area contributed by atoms with Crippen LogP contribution in [0.4, 0.5) is 0 Å². The van der Waals surface area contributed by atoms with Crippen molar-refractivity contribution >= 4 is 76.7 Å². The second-order valence-electron chi connectivity index (χ2n) is 18.2. The summed E-state index contributed by atoms with van der Waals surface area (Å²) in [5, 5.41) is 6.93. The number of hydrogen-bond acceptors (Lipinski definition) is 3. The summed E-state index contributed by atoms with van der Waals surface area (Å²) in [7, 11) is 0. The van der Waals surface area contributed by atoms with Gasteiger partial charge in [-0.25, -0.2) is 4.98 Å². The minimum absolute atomic E-state index is 0.570. The molecule has 4 heterocycles. The molecule has 12 aromatic rings. The molecule has 69 heavy (non-hydrogen) atoms. The van der Waals surface area contributed by atoms with Crippen molar-refractivity contribution in [3.8, 4) is 34.4 Å². The third kappa shape index (κ3) is 6.29. The van der Waals surface area contributed by atoms with E-state index in [-0.39, 0.29) is 0 Å². The molecule has 0 N–H and O–H groups in total. The maximum absolute atomic E-state index is 5.60. The second kappa shape index (κ2) is 15.9.